The smallest absolute Gasteiger partial charge is 0.166 e. The van der Waals surface area contributed by atoms with Gasteiger partial charge in [-0.15, -0.1) is 10.2 Å². The van der Waals surface area contributed by atoms with Crippen molar-refractivity contribution in [1.82, 2.24) is 14.8 Å². The predicted molar refractivity (Wildman–Crippen MR) is 67.4 cm³/mol. The van der Waals surface area contributed by atoms with Crippen LogP contribution >= 0.6 is 23.2 Å². The Morgan fingerprint density at radius 3 is 2.65 bits per heavy atom. The molecule has 4 nitrogen and oxygen atoms in total. The van der Waals surface area contributed by atoms with Gasteiger partial charge in [0.15, 0.2) is 5.82 Å². The lowest BCUT2D eigenvalue weighted by Gasteiger charge is -2.08. The zero-order valence-corrected chi connectivity index (χ0v) is 10.7. The minimum atomic E-state index is 0.559. The lowest BCUT2D eigenvalue weighted by atomic mass is 10.2. The molecule has 0 aliphatic heterocycles. The molecule has 0 aliphatic rings. The van der Waals surface area contributed by atoms with E-state index in [-0.39, 0.29) is 0 Å². The lowest BCUT2D eigenvalue weighted by Crippen LogP contribution is -2.05. The maximum absolute atomic E-state index is 6.13. The third kappa shape index (κ3) is 2.60. The van der Waals surface area contributed by atoms with E-state index < -0.39 is 0 Å². The normalized spacial score (nSPS) is 10.8. The summed E-state index contributed by atoms with van der Waals surface area (Å²) in [6, 6.07) is 5.35. The van der Waals surface area contributed by atoms with Crippen LogP contribution in [0.1, 0.15) is 0 Å². The molecule has 2 rings (SSSR count). The number of nitrogens with zero attached hydrogens (tertiary/aromatic N) is 3. The monoisotopic (exact) mass is 271 g/mol. The summed E-state index contributed by atoms with van der Waals surface area (Å²) in [4.78, 5) is 0. The molecule has 0 saturated heterocycles. The molecule has 1 aromatic carbocycles. The Bertz CT molecular complexity index is 493. The molecule has 1 heterocycles. The maximum Gasteiger partial charge on any atom is 0.166 e. The molecule has 2 aromatic rings. The number of rotatable bonds is 4. The molecule has 0 saturated carbocycles. The van der Waals surface area contributed by atoms with Gasteiger partial charge in [-0.1, -0.05) is 29.3 Å². The molecule has 90 valence electrons. The van der Waals surface area contributed by atoms with Gasteiger partial charge in [-0.25, -0.2) is 0 Å². The summed E-state index contributed by atoms with van der Waals surface area (Å²) in [5, 5.41) is 9.04. The van der Waals surface area contributed by atoms with Gasteiger partial charge in [0.25, 0.3) is 0 Å². The van der Waals surface area contributed by atoms with Crippen LogP contribution in [0.15, 0.2) is 24.5 Å². The molecule has 0 N–H and O–H groups in total. The van der Waals surface area contributed by atoms with E-state index in [0.29, 0.717) is 34.6 Å². The molecule has 0 amide bonds. The SMILES string of the molecule is COCCn1cnnc1-c1c(Cl)cccc1Cl. The first-order chi connectivity index (χ1) is 8.24. The molecule has 17 heavy (non-hydrogen) atoms. The molecule has 0 spiro atoms. The first-order valence-corrected chi connectivity index (χ1v) is 5.80. The van der Waals surface area contributed by atoms with E-state index in [4.69, 9.17) is 27.9 Å². The van der Waals surface area contributed by atoms with E-state index in [1.54, 1.807) is 31.6 Å². The van der Waals surface area contributed by atoms with Crippen molar-refractivity contribution in [1.29, 1.82) is 0 Å². The van der Waals surface area contributed by atoms with E-state index in [2.05, 4.69) is 10.2 Å². The number of ether oxygens (including phenoxy) is 1. The topological polar surface area (TPSA) is 39.9 Å². The standard InChI is InChI=1S/C11H11Cl2N3O/c1-17-6-5-16-7-14-15-11(16)10-8(12)3-2-4-9(10)13/h2-4,7H,5-6H2,1H3. The van der Waals surface area contributed by atoms with Crippen LogP contribution in [0.5, 0.6) is 0 Å². The summed E-state index contributed by atoms with van der Waals surface area (Å²) in [6.45, 7) is 1.23. The number of aromatic nitrogens is 3. The van der Waals surface area contributed by atoms with Gasteiger partial charge in [0.2, 0.25) is 0 Å². The van der Waals surface area contributed by atoms with Crippen LogP contribution in [-0.2, 0) is 11.3 Å². The Kier molecular flexibility index (Phi) is 3.99. The van der Waals surface area contributed by atoms with E-state index in [1.807, 2.05) is 4.57 Å². The van der Waals surface area contributed by atoms with Crippen molar-refractivity contribution in [2.45, 2.75) is 6.54 Å². The van der Waals surface area contributed by atoms with Crippen LogP contribution in [0, 0.1) is 0 Å². The highest BCUT2D eigenvalue weighted by molar-refractivity contribution is 6.38. The Morgan fingerprint density at radius 2 is 2.00 bits per heavy atom. The summed E-state index contributed by atoms with van der Waals surface area (Å²) in [7, 11) is 1.65. The van der Waals surface area contributed by atoms with Crippen LogP contribution in [0.4, 0.5) is 0 Å². The minimum Gasteiger partial charge on any atom is -0.383 e. The highest BCUT2D eigenvalue weighted by atomic mass is 35.5. The molecule has 0 fully saturated rings. The van der Waals surface area contributed by atoms with Crippen molar-refractivity contribution in [3.8, 4) is 11.4 Å². The summed E-state index contributed by atoms with van der Waals surface area (Å²) in [6.07, 6.45) is 1.63. The van der Waals surface area contributed by atoms with Crippen LogP contribution in [0.25, 0.3) is 11.4 Å². The first-order valence-electron chi connectivity index (χ1n) is 5.05. The second kappa shape index (κ2) is 5.49. The molecule has 0 radical (unpaired) electrons. The molecule has 1 aromatic heterocycles. The molecule has 0 aliphatic carbocycles. The molecular weight excluding hydrogens is 261 g/mol. The largest absolute Gasteiger partial charge is 0.383 e. The Morgan fingerprint density at radius 1 is 1.29 bits per heavy atom. The average Bonchev–Trinajstić information content (AvgIpc) is 2.74. The average molecular weight is 272 g/mol. The second-order valence-corrected chi connectivity index (χ2v) is 4.25. The fraction of sp³-hybridized carbons (Fsp3) is 0.273. The Labute approximate surface area is 109 Å². The summed E-state index contributed by atoms with van der Waals surface area (Å²) in [5.41, 5.74) is 0.699. The highest BCUT2D eigenvalue weighted by Gasteiger charge is 2.14. The highest BCUT2D eigenvalue weighted by Crippen LogP contribution is 2.32. The number of hydrogen-bond donors (Lipinski definition) is 0. The van der Waals surface area contributed by atoms with Crippen molar-refractivity contribution in [3.63, 3.8) is 0 Å². The number of halogens is 2. The van der Waals surface area contributed by atoms with Gasteiger partial charge < -0.3 is 9.30 Å². The zero-order chi connectivity index (χ0) is 12.3. The molecule has 0 unspecified atom stereocenters. The van der Waals surface area contributed by atoms with Crippen LogP contribution < -0.4 is 0 Å². The summed E-state index contributed by atoms with van der Waals surface area (Å²) in [5.74, 6) is 0.651. The Hall–Kier alpha value is -1.10. The molecule has 0 bridgehead atoms. The van der Waals surface area contributed by atoms with Gasteiger partial charge in [-0.05, 0) is 12.1 Å². The van der Waals surface area contributed by atoms with Gasteiger partial charge in [0, 0.05) is 13.7 Å². The van der Waals surface area contributed by atoms with Gasteiger partial charge in [-0.2, -0.15) is 0 Å². The van der Waals surface area contributed by atoms with Gasteiger partial charge in [0.1, 0.15) is 6.33 Å². The summed E-state index contributed by atoms with van der Waals surface area (Å²) < 4.78 is 6.88. The maximum atomic E-state index is 6.13. The molecule has 6 heteroatoms. The van der Waals surface area contributed by atoms with Gasteiger partial charge in [0.05, 0.1) is 22.2 Å². The van der Waals surface area contributed by atoms with E-state index >= 15 is 0 Å². The van der Waals surface area contributed by atoms with Gasteiger partial charge in [-0.3, -0.25) is 0 Å². The molecule has 0 atom stereocenters. The number of methoxy groups -OCH3 is 1. The third-order valence-corrected chi connectivity index (χ3v) is 2.97. The fourth-order valence-corrected chi connectivity index (χ4v) is 2.08. The van der Waals surface area contributed by atoms with Crippen LogP contribution in [-0.4, -0.2) is 28.5 Å². The first kappa shape index (κ1) is 12.4. The third-order valence-electron chi connectivity index (χ3n) is 2.34. The number of hydrogen-bond acceptors (Lipinski definition) is 3. The molecular formula is C11H11Cl2N3O. The quantitative estimate of drug-likeness (QED) is 0.859. The van der Waals surface area contributed by atoms with Crippen LogP contribution in [0.3, 0.4) is 0 Å². The predicted octanol–water partition coefficient (Wildman–Crippen LogP) is 2.90. The van der Waals surface area contributed by atoms with E-state index in [9.17, 15) is 0 Å². The lowest BCUT2D eigenvalue weighted by molar-refractivity contribution is 0.187. The Balaban J connectivity index is 2.43. The van der Waals surface area contributed by atoms with E-state index in [0.717, 1.165) is 0 Å². The number of benzene rings is 1. The second-order valence-electron chi connectivity index (χ2n) is 3.44. The summed E-state index contributed by atoms with van der Waals surface area (Å²) >= 11 is 12.3. The van der Waals surface area contributed by atoms with Crippen molar-refractivity contribution >= 4 is 23.2 Å². The van der Waals surface area contributed by atoms with Gasteiger partial charge >= 0.3 is 0 Å². The zero-order valence-electron chi connectivity index (χ0n) is 9.23. The van der Waals surface area contributed by atoms with Crippen molar-refractivity contribution in [2.75, 3.05) is 13.7 Å². The van der Waals surface area contributed by atoms with Crippen molar-refractivity contribution < 1.29 is 4.74 Å². The van der Waals surface area contributed by atoms with Crippen molar-refractivity contribution in [3.05, 3.63) is 34.6 Å². The van der Waals surface area contributed by atoms with E-state index in [1.165, 1.54) is 0 Å². The minimum absolute atomic E-state index is 0.559. The van der Waals surface area contributed by atoms with Crippen LogP contribution in [0.2, 0.25) is 10.0 Å². The van der Waals surface area contributed by atoms with Crippen molar-refractivity contribution in [2.24, 2.45) is 0 Å². The fourth-order valence-electron chi connectivity index (χ4n) is 1.51.